The van der Waals surface area contributed by atoms with E-state index < -0.39 is 0 Å². The maximum atomic E-state index is 12.0. The number of likely N-dealkylation sites (tertiary alicyclic amines) is 1. The fourth-order valence-corrected chi connectivity index (χ4v) is 3.06. The lowest BCUT2D eigenvalue weighted by Crippen LogP contribution is -2.39. The average molecular weight is 323 g/mol. The molecule has 126 valence electrons. The number of carbonyl (C=O) groups is 1. The summed E-state index contributed by atoms with van der Waals surface area (Å²) in [7, 11) is 0. The summed E-state index contributed by atoms with van der Waals surface area (Å²) in [6.07, 6.45) is 3.89. The maximum Gasteiger partial charge on any atom is 0.319 e. The third kappa shape index (κ3) is 4.83. The quantitative estimate of drug-likeness (QED) is 0.875. The molecule has 0 atom stereocenters. The molecule has 1 heterocycles. The van der Waals surface area contributed by atoms with Gasteiger partial charge in [-0.1, -0.05) is 48.9 Å². The predicted octanol–water partition coefficient (Wildman–Crippen LogP) is 3.96. The molecule has 0 aromatic heterocycles. The van der Waals surface area contributed by atoms with Crippen LogP contribution in [0.5, 0.6) is 0 Å². The van der Waals surface area contributed by atoms with Crippen molar-refractivity contribution in [3.05, 3.63) is 54.6 Å². The molecule has 2 amide bonds. The minimum absolute atomic E-state index is 0.139. The van der Waals surface area contributed by atoms with Gasteiger partial charge in [0, 0.05) is 18.8 Å². The number of hydrogen-bond donors (Lipinski definition) is 2. The van der Waals surface area contributed by atoms with E-state index in [1.54, 1.807) is 0 Å². The molecule has 4 heteroatoms. The Morgan fingerprint density at radius 2 is 1.54 bits per heavy atom. The predicted molar refractivity (Wildman–Crippen MR) is 99.2 cm³/mol. The van der Waals surface area contributed by atoms with Gasteiger partial charge in [-0.15, -0.1) is 0 Å². The van der Waals surface area contributed by atoms with Crippen LogP contribution in [-0.2, 0) is 0 Å². The van der Waals surface area contributed by atoms with Crippen LogP contribution in [0.15, 0.2) is 54.6 Å². The van der Waals surface area contributed by atoms with Gasteiger partial charge in [0.1, 0.15) is 0 Å². The molecule has 0 saturated carbocycles. The van der Waals surface area contributed by atoms with Crippen LogP contribution in [0.3, 0.4) is 0 Å². The summed E-state index contributed by atoms with van der Waals surface area (Å²) in [6.45, 7) is 3.93. The number of hydrogen-bond acceptors (Lipinski definition) is 2. The molecule has 0 radical (unpaired) electrons. The molecule has 4 nitrogen and oxygen atoms in total. The molecule has 2 N–H and O–H groups in total. The summed E-state index contributed by atoms with van der Waals surface area (Å²) in [5, 5.41) is 5.82. The van der Waals surface area contributed by atoms with Gasteiger partial charge >= 0.3 is 6.03 Å². The Labute approximate surface area is 143 Å². The van der Waals surface area contributed by atoms with Gasteiger partial charge in [0.05, 0.1) is 0 Å². The van der Waals surface area contributed by atoms with E-state index >= 15 is 0 Å². The Morgan fingerprint density at radius 1 is 0.875 bits per heavy atom. The highest BCUT2D eigenvalue weighted by Gasteiger charge is 2.09. The lowest BCUT2D eigenvalue weighted by molar-refractivity contribution is 0.224. The van der Waals surface area contributed by atoms with E-state index in [0.29, 0.717) is 6.54 Å². The number of rotatable bonds is 5. The number of anilines is 1. The highest BCUT2D eigenvalue weighted by atomic mass is 16.2. The van der Waals surface area contributed by atoms with Crippen LogP contribution >= 0.6 is 0 Å². The highest BCUT2D eigenvalue weighted by Crippen LogP contribution is 2.20. The summed E-state index contributed by atoms with van der Waals surface area (Å²) < 4.78 is 0. The first kappa shape index (κ1) is 16.5. The summed E-state index contributed by atoms with van der Waals surface area (Å²) >= 11 is 0. The fraction of sp³-hybridized carbons (Fsp3) is 0.350. The Balaban J connectivity index is 1.44. The van der Waals surface area contributed by atoms with E-state index in [9.17, 15) is 4.79 Å². The SMILES string of the molecule is O=C(NCCN1CCCCC1)Nc1ccc(-c2ccccc2)cc1. The first-order valence-corrected chi connectivity index (χ1v) is 8.74. The Kier molecular flexibility index (Phi) is 5.85. The summed E-state index contributed by atoms with van der Waals surface area (Å²) in [5.74, 6) is 0. The number of amides is 2. The number of carbonyl (C=O) groups excluding carboxylic acids is 1. The van der Waals surface area contributed by atoms with Crippen LogP contribution in [-0.4, -0.2) is 37.1 Å². The zero-order valence-corrected chi connectivity index (χ0v) is 14.0. The smallest absolute Gasteiger partial charge is 0.319 e. The van der Waals surface area contributed by atoms with E-state index in [4.69, 9.17) is 0 Å². The van der Waals surface area contributed by atoms with E-state index in [2.05, 4.69) is 27.7 Å². The van der Waals surface area contributed by atoms with Gasteiger partial charge in [0.15, 0.2) is 0 Å². The van der Waals surface area contributed by atoms with E-state index in [1.807, 2.05) is 42.5 Å². The lowest BCUT2D eigenvalue weighted by atomic mass is 10.1. The normalized spacial score (nSPS) is 15.0. The molecule has 0 spiro atoms. The standard InChI is InChI=1S/C20H25N3O/c24-20(21-13-16-23-14-5-2-6-15-23)22-19-11-9-18(10-12-19)17-7-3-1-4-8-17/h1,3-4,7-12H,2,5-6,13-16H2,(H2,21,22,24). The van der Waals surface area contributed by atoms with Gasteiger partial charge in [0.25, 0.3) is 0 Å². The number of nitrogens with one attached hydrogen (secondary N) is 2. The Bertz CT molecular complexity index is 634. The van der Waals surface area contributed by atoms with Crippen molar-refractivity contribution in [1.82, 2.24) is 10.2 Å². The topological polar surface area (TPSA) is 44.4 Å². The Hall–Kier alpha value is -2.33. The molecule has 2 aromatic rings. The number of piperidine rings is 1. The fourth-order valence-electron chi connectivity index (χ4n) is 3.06. The molecule has 0 aliphatic carbocycles. The van der Waals surface area contributed by atoms with Crippen molar-refractivity contribution in [2.75, 3.05) is 31.5 Å². The third-order valence-corrected chi connectivity index (χ3v) is 4.41. The van der Waals surface area contributed by atoms with Gasteiger partial charge in [-0.25, -0.2) is 4.79 Å². The second-order valence-electron chi connectivity index (χ2n) is 6.23. The van der Waals surface area contributed by atoms with Crippen LogP contribution in [0.25, 0.3) is 11.1 Å². The van der Waals surface area contributed by atoms with Crippen molar-refractivity contribution in [3.8, 4) is 11.1 Å². The molecule has 3 rings (SSSR count). The summed E-state index contributed by atoms with van der Waals surface area (Å²) in [6, 6.07) is 18.0. The van der Waals surface area contributed by atoms with Crippen molar-refractivity contribution in [2.24, 2.45) is 0 Å². The lowest BCUT2D eigenvalue weighted by Gasteiger charge is -2.26. The molecule has 1 aliphatic heterocycles. The van der Waals surface area contributed by atoms with E-state index in [1.165, 1.54) is 24.8 Å². The van der Waals surface area contributed by atoms with Crippen molar-refractivity contribution < 1.29 is 4.79 Å². The van der Waals surface area contributed by atoms with Gasteiger partial charge < -0.3 is 15.5 Å². The molecule has 24 heavy (non-hydrogen) atoms. The van der Waals surface area contributed by atoms with Crippen LogP contribution in [0.4, 0.5) is 10.5 Å². The monoisotopic (exact) mass is 323 g/mol. The maximum absolute atomic E-state index is 12.0. The van der Waals surface area contributed by atoms with Crippen LogP contribution in [0, 0.1) is 0 Å². The third-order valence-electron chi connectivity index (χ3n) is 4.41. The Morgan fingerprint density at radius 3 is 2.25 bits per heavy atom. The van der Waals surface area contributed by atoms with Gasteiger partial charge in [0.2, 0.25) is 0 Å². The van der Waals surface area contributed by atoms with E-state index in [0.717, 1.165) is 30.9 Å². The van der Waals surface area contributed by atoms with Crippen molar-refractivity contribution in [1.29, 1.82) is 0 Å². The van der Waals surface area contributed by atoms with Crippen LogP contribution in [0.2, 0.25) is 0 Å². The largest absolute Gasteiger partial charge is 0.337 e. The second kappa shape index (κ2) is 8.50. The van der Waals surface area contributed by atoms with Crippen molar-refractivity contribution in [2.45, 2.75) is 19.3 Å². The van der Waals surface area contributed by atoms with Crippen molar-refractivity contribution >= 4 is 11.7 Å². The molecule has 0 bridgehead atoms. The minimum Gasteiger partial charge on any atom is -0.337 e. The molecule has 1 aliphatic rings. The molecule has 0 unspecified atom stereocenters. The van der Waals surface area contributed by atoms with E-state index in [-0.39, 0.29) is 6.03 Å². The van der Waals surface area contributed by atoms with Gasteiger partial charge in [-0.2, -0.15) is 0 Å². The van der Waals surface area contributed by atoms with Crippen molar-refractivity contribution in [3.63, 3.8) is 0 Å². The molecule has 2 aromatic carbocycles. The van der Waals surface area contributed by atoms with Crippen LogP contribution < -0.4 is 10.6 Å². The number of urea groups is 1. The first-order chi connectivity index (χ1) is 11.8. The average Bonchev–Trinajstić information content (AvgIpc) is 2.64. The van der Waals surface area contributed by atoms with Gasteiger partial charge in [-0.3, -0.25) is 0 Å². The molecule has 1 saturated heterocycles. The van der Waals surface area contributed by atoms with Gasteiger partial charge in [-0.05, 0) is 49.2 Å². The number of nitrogens with zero attached hydrogens (tertiary/aromatic N) is 1. The van der Waals surface area contributed by atoms with Crippen LogP contribution in [0.1, 0.15) is 19.3 Å². The zero-order chi connectivity index (χ0) is 16.6. The summed E-state index contributed by atoms with van der Waals surface area (Å²) in [4.78, 5) is 14.4. The highest BCUT2D eigenvalue weighted by molar-refractivity contribution is 5.89. The zero-order valence-electron chi connectivity index (χ0n) is 14.0. The molecule has 1 fully saturated rings. The molecular formula is C20H25N3O. The summed E-state index contributed by atoms with van der Waals surface area (Å²) in [5.41, 5.74) is 3.13. The number of benzene rings is 2. The minimum atomic E-state index is -0.139. The second-order valence-corrected chi connectivity index (χ2v) is 6.23. The first-order valence-electron chi connectivity index (χ1n) is 8.74. The molecular weight excluding hydrogens is 298 g/mol.